The molecule has 0 aromatic heterocycles. The van der Waals surface area contributed by atoms with Crippen LogP contribution in [-0.4, -0.2) is 43.5 Å². The van der Waals surface area contributed by atoms with Crippen molar-refractivity contribution in [2.24, 2.45) is 0 Å². The number of amides is 1. The van der Waals surface area contributed by atoms with E-state index >= 15 is 0 Å². The van der Waals surface area contributed by atoms with Crippen molar-refractivity contribution in [1.29, 1.82) is 5.26 Å². The minimum atomic E-state index is -0.598. The zero-order valence-corrected chi connectivity index (χ0v) is 14.1. The van der Waals surface area contributed by atoms with Crippen LogP contribution in [0.15, 0.2) is 42.5 Å². The second kappa shape index (κ2) is 7.93. The van der Waals surface area contributed by atoms with Crippen molar-refractivity contribution in [3.8, 4) is 6.07 Å². The fourth-order valence-corrected chi connectivity index (χ4v) is 2.97. The Balaban J connectivity index is 1.54. The molecule has 5 nitrogen and oxygen atoms in total. The number of carbonyl (C=O) groups excluding carboxylic acids is 1. The smallest absolute Gasteiger partial charge is 0.238 e. The second-order valence-electron chi connectivity index (χ2n) is 6.06. The van der Waals surface area contributed by atoms with Crippen LogP contribution < -0.4 is 10.2 Å². The Morgan fingerprint density at radius 1 is 1.12 bits per heavy atom. The third kappa shape index (κ3) is 4.16. The van der Waals surface area contributed by atoms with Gasteiger partial charge >= 0.3 is 0 Å². The minimum absolute atomic E-state index is 0.194. The van der Waals surface area contributed by atoms with Crippen LogP contribution in [0.5, 0.6) is 0 Å². The molecule has 0 saturated carbocycles. The highest BCUT2D eigenvalue weighted by Crippen LogP contribution is 2.21. The Morgan fingerprint density at radius 3 is 2.54 bits per heavy atom. The molecule has 1 aliphatic heterocycles. The molecule has 1 heterocycles. The first-order valence-electron chi connectivity index (χ1n) is 8.28. The Bertz CT molecular complexity index is 842. The summed E-state index contributed by atoms with van der Waals surface area (Å²) in [6.45, 7) is 2.46. The number of carbonyl (C=O) groups is 1. The molecular formula is C19H18F2N4O. The Morgan fingerprint density at radius 2 is 1.85 bits per heavy atom. The van der Waals surface area contributed by atoms with Crippen molar-refractivity contribution < 1.29 is 13.6 Å². The summed E-state index contributed by atoms with van der Waals surface area (Å²) in [5, 5.41) is 11.8. The fraction of sp³-hybridized carbons (Fsp3) is 0.263. The number of para-hydroxylation sites is 1. The van der Waals surface area contributed by atoms with E-state index in [1.54, 1.807) is 24.3 Å². The number of benzene rings is 2. The maximum Gasteiger partial charge on any atom is 0.238 e. The molecule has 0 bridgehead atoms. The van der Waals surface area contributed by atoms with E-state index in [1.807, 2.05) is 15.9 Å². The fourth-order valence-electron chi connectivity index (χ4n) is 2.97. The largest absolute Gasteiger partial charge is 0.367 e. The number of rotatable bonds is 4. The standard InChI is InChI=1S/C19H18F2N4O/c20-15-5-6-18(16(21)11-15)25-9-7-24(8-10-25)13-19(26)23-17-4-2-1-3-14(17)12-22/h1-6,11H,7-10,13H2,(H,23,26). The molecule has 1 N–H and O–H groups in total. The first-order valence-corrected chi connectivity index (χ1v) is 8.28. The molecule has 7 heteroatoms. The van der Waals surface area contributed by atoms with Crippen LogP contribution >= 0.6 is 0 Å². The van der Waals surface area contributed by atoms with Crippen molar-refractivity contribution in [3.63, 3.8) is 0 Å². The molecular weight excluding hydrogens is 338 g/mol. The lowest BCUT2D eigenvalue weighted by atomic mass is 10.2. The van der Waals surface area contributed by atoms with Crippen LogP contribution in [0, 0.1) is 23.0 Å². The molecule has 1 amide bonds. The van der Waals surface area contributed by atoms with Gasteiger partial charge in [-0.2, -0.15) is 5.26 Å². The number of nitriles is 1. The number of nitrogens with zero attached hydrogens (tertiary/aromatic N) is 3. The summed E-state index contributed by atoms with van der Waals surface area (Å²) < 4.78 is 26.9. The first kappa shape index (κ1) is 17.8. The van der Waals surface area contributed by atoms with E-state index in [0.29, 0.717) is 43.1 Å². The molecule has 26 heavy (non-hydrogen) atoms. The Kier molecular flexibility index (Phi) is 5.44. The second-order valence-corrected chi connectivity index (χ2v) is 6.06. The van der Waals surface area contributed by atoms with Crippen LogP contribution in [0.2, 0.25) is 0 Å². The highest BCUT2D eigenvalue weighted by Gasteiger charge is 2.21. The quantitative estimate of drug-likeness (QED) is 0.915. The van der Waals surface area contributed by atoms with Crippen molar-refractivity contribution >= 4 is 17.3 Å². The summed E-state index contributed by atoms with van der Waals surface area (Å²) in [5.41, 5.74) is 1.28. The highest BCUT2D eigenvalue weighted by molar-refractivity contribution is 5.93. The summed E-state index contributed by atoms with van der Waals surface area (Å²) in [6, 6.07) is 12.4. The van der Waals surface area contributed by atoms with E-state index in [2.05, 4.69) is 5.32 Å². The summed E-state index contributed by atoms with van der Waals surface area (Å²) in [7, 11) is 0. The Labute approximate surface area is 150 Å². The van der Waals surface area contributed by atoms with Gasteiger partial charge in [0, 0.05) is 32.2 Å². The molecule has 2 aromatic carbocycles. The average molecular weight is 356 g/mol. The minimum Gasteiger partial charge on any atom is -0.367 e. The number of hydrogen-bond donors (Lipinski definition) is 1. The maximum absolute atomic E-state index is 13.9. The van der Waals surface area contributed by atoms with E-state index in [1.165, 1.54) is 12.1 Å². The van der Waals surface area contributed by atoms with Crippen LogP contribution in [-0.2, 0) is 4.79 Å². The molecule has 0 atom stereocenters. The third-order valence-electron chi connectivity index (χ3n) is 4.31. The van der Waals surface area contributed by atoms with Gasteiger partial charge in [0.2, 0.25) is 5.91 Å². The molecule has 0 aliphatic carbocycles. The van der Waals surface area contributed by atoms with E-state index in [-0.39, 0.29) is 12.5 Å². The van der Waals surface area contributed by atoms with Crippen LogP contribution in [0.3, 0.4) is 0 Å². The summed E-state index contributed by atoms with van der Waals surface area (Å²) in [5.74, 6) is -1.38. The predicted molar refractivity (Wildman–Crippen MR) is 94.8 cm³/mol. The zero-order chi connectivity index (χ0) is 18.5. The van der Waals surface area contributed by atoms with Gasteiger partial charge in [-0.15, -0.1) is 0 Å². The maximum atomic E-state index is 13.9. The number of anilines is 2. The van der Waals surface area contributed by atoms with Gasteiger partial charge in [0.25, 0.3) is 0 Å². The first-order chi connectivity index (χ1) is 12.6. The lowest BCUT2D eigenvalue weighted by molar-refractivity contribution is -0.117. The lowest BCUT2D eigenvalue weighted by Crippen LogP contribution is -2.49. The monoisotopic (exact) mass is 356 g/mol. The van der Waals surface area contributed by atoms with Crippen molar-refractivity contribution in [3.05, 3.63) is 59.7 Å². The molecule has 1 aliphatic rings. The molecule has 134 valence electrons. The van der Waals surface area contributed by atoms with E-state index in [4.69, 9.17) is 5.26 Å². The SMILES string of the molecule is N#Cc1ccccc1NC(=O)CN1CCN(c2ccc(F)cc2F)CC1. The number of piperazine rings is 1. The molecule has 0 radical (unpaired) electrons. The van der Waals surface area contributed by atoms with Gasteiger partial charge in [-0.25, -0.2) is 8.78 Å². The number of halogens is 2. The third-order valence-corrected chi connectivity index (χ3v) is 4.31. The number of nitrogens with one attached hydrogen (secondary N) is 1. The van der Waals surface area contributed by atoms with E-state index < -0.39 is 11.6 Å². The Hall–Kier alpha value is -2.98. The predicted octanol–water partition coefficient (Wildman–Crippen LogP) is 2.60. The molecule has 0 unspecified atom stereocenters. The molecule has 1 fully saturated rings. The summed E-state index contributed by atoms with van der Waals surface area (Å²) in [6.07, 6.45) is 0. The molecule has 1 saturated heterocycles. The van der Waals surface area contributed by atoms with Crippen molar-refractivity contribution in [2.45, 2.75) is 0 Å². The summed E-state index contributed by atoms with van der Waals surface area (Å²) in [4.78, 5) is 16.0. The topological polar surface area (TPSA) is 59.4 Å². The van der Waals surface area contributed by atoms with Crippen molar-refractivity contribution in [1.82, 2.24) is 4.90 Å². The van der Waals surface area contributed by atoms with Gasteiger partial charge < -0.3 is 10.2 Å². The van der Waals surface area contributed by atoms with Crippen molar-refractivity contribution in [2.75, 3.05) is 42.9 Å². The molecule has 2 aromatic rings. The molecule has 3 rings (SSSR count). The van der Waals surface area contributed by atoms with Crippen LogP contribution in [0.1, 0.15) is 5.56 Å². The van der Waals surface area contributed by atoms with Gasteiger partial charge in [0.05, 0.1) is 23.5 Å². The number of hydrogen-bond acceptors (Lipinski definition) is 4. The van der Waals surface area contributed by atoms with Gasteiger partial charge in [0.15, 0.2) is 0 Å². The molecule has 0 spiro atoms. The van der Waals surface area contributed by atoms with Gasteiger partial charge in [-0.05, 0) is 24.3 Å². The summed E-state index contributed by atoms with van der Waals surface area (Å²) >= 11 is 0. The van der Waals surface area contributed by atoms with E-state index in [9.17, 15) is 13.6 Å². The van der Waals surface area contributed by atoms with E-state index in [0.717, 1.165) is 6.07 Å². The normalized spacial score (nSPS) is 14.7. The van der Waals surface area contributed by atoms with Crippen LogP contribution in [0.4, 0.5) is 20.2 Å². The average Bonchev–Trinajstić information content (AvgIpc) is 2.63. The lowest BCUT2D eigenvalue weighted by Gasteiger charge is -2.35. The van der Waals surface area contributed by atoms with Gasteiger partial charge in [-0.3, -0.25) is 9.69 Å². The van der Waals surface area contributed by atoms with Gasteiger partial charge in [-0.1, -0.05) is 12.1 Å². The zero-order valence-electron chi connectivity index (χ0n) is 14.1. The van der Waals surface area contributed by atoms with Crippen LogP contribution in [0.25, 0.3) is 0 Å². The highest BCUT2D eigenvalue weighted by atomic mass is 19.1. The van der Waals surface area contributed by atoms with Gasteiger partial charge in [0.1, 0.15) is 17.7 Å².